The fourth-order valence-electron chi connectivity index (χ4n) is 2.86. The van der Waals surface area contributed by atoms with E-state index in [1.54, 1.807) is 66.6 Å². The van der Waals surface area contributed by atoms with Gasteiger partial charge in [0.15, 0.2) is 11.7 Å². The minimum absolute atomic E-state index is 0.283. The number of carboxylic acid groups (broad SMARTS) is 1. The molecule has 0 spiro atoms. The van der Waals surface area contributed by atoms with Crippen molar-refractivity contribution in [2.24, 2.45) is 0 Å². The summed E-state index contributed by atoms with van der Waals surface area (Å²) in [5, 5.41) is 9.19. The van der Waals surface area contributed by atoms with Crippen LogP contribution in [0.15, 0.2) is 54.2 Å². The molecule has 2 aromatic carbocycles. The van der Waals surface area contributed by atoms with Crippen molar-refractivity contribution < 1.29 is 24.2 Å². The Bertz CT molecular complexity index is 971. The summed E-state index contributed by atoms with van der Waals surface area (Å²) in [4.78, 5) is 26.9. The molecule has 2 aromatic rings. The zero-order valence-corrected chi connectivity index (χ0v) is 16.8. The first-order valence-electron chi connectivity index (χ1n) is 8.92. The number of hydrogen-bond acceptors (Lipinski definition) is 5. The molecule has 150 valence electrons. The van der Waals surface area contributed by atoms with Crippen LogP contribution in [-0.4, -0.2) is 47.3 Å². The van der Waals surface area contributed by atoms with Crippen LogP contribution in [0.25, 0.3) is 6.08 Å². The Balaban J connectivity index is 1.91. The van der Waals surface area contributed by atoms with E-state index in [-0.39, 0.29) is 5.91 Å². The van der Waals surface area contributed by atoms with Crippen LogP contribution in [0.4, 0.5) is 5.69 Å². The monoisotopic (exact) mass is 412 g/mol. The lowest BCUT2D eigenvalue weighted by atomic mass is 10.1. The van der Waals surface area contributed by atoms with Gasteiger partial charge in [0.05, 0.1) is 12.3 Å². The van der Waals surface area contributed by atoms with Gasteiger partial charge in [0.25, 0.3) is 5.91 Å². The van der Waals surface area contributed by atoms with E-state index in [2.05, 4.69) is 0 Å². The number of aliphatic carboxylic acids is 1. The lowest BCUT2D eigenvalue weighted by molar-refractivity contribution is -0.139. The lowest BCUT2D eigenvalue weighted by Crippen LogP contribution is -2.31. The molecular formula is C21H20N2O5S. The Morgan fingerprint density at radius 1 is 1.14 bits per heavy atom. The fraction of sp³-hybridized carbons (Fsp3) is 0.190. The number of benzene rings is 2. The van der Waals surface area contributed by atoms with E-state index in [1.165, 1.54) is 4.90 Å². The molecule has 0 radical (unpaired) electrons. The third kappa shape index (κ3) is 4.38. The normalized spacial score (nSPS) is 15.2. The largest absolute Gasteiger partial charge is 0.494 e. The summed E-state index contributed by atoms with van der Waals surface area (Å²) in [7, 11) is 1.71. The number of nitrogens with zero attached hydrogens (tertiary/aromatic N) is 2. The van der Waals surface area contributed by atoms with Crippen molar-refractivity contribution in [2.45, 2.75) is 6.92 Å². The zero-order chi connectivity index (χ0) is 21.0. The highest BCUT2D eigenvalue weighted by atomic mass is 32.1. The molecule has 1 saturated heterocycles. The molecule has 1 amide bonds. The molecule has 0 aliphatic carbocycles. The number of carboxylic acids is 1. The summed E-state index contributed by atoms with van der Waals surface area (Å²) in [6.45, 7) is 1.98. The molecule has 29 heavy (non-hydrogen) atoms. The Kier molecular flexibility index (Phi) is 6.13. The van der Waals surface area contributed by atoms with Gasteiger partial charge in [-0.1, -0.05) is 18.2 Å². The van der Waals surface area contributed by atoms with Crippen LogP contribution in [0.5, 0.6) is 11.5 Å². The van der Waals surface area contributed by atoms with Gasteiger partial charge in [-0.15, -0.1) is 0 Å². The third-order valence-electron chi connectivity index (χ3n) is 4.23. The molecule has 8 heteroatoms. The molecule has 0 aromatic heterocycles. The van der Waals surface area contributed by atoms with E-state index in [1.807, 2.05) is 6.92 Å². The second-order valence-corrected chi connectivity index (χ2v) is 6.52. The summed E-state index contributed by atoms with van der Waals surface area (Å²) in [5.74, 6) is -0.282. The Morgan fingerprint density at radius 2 is 1.83 bits per heavy atom. The van der Waals surface area contributed by atoms with Gasteiger partial charge in [-0.3, -0.25) is 9.69 Å². The summed E-state index contributed by atoms with van der Waals surface area (Å²) < 4.78 is 10.8. The van der Waals surface area contributed by atoms with Crippen LogP contribution < -0.4 is 14.4 Å². The standard InChI is InChI=1S/C21H20N2O5S/c1-3-27-16-10-8-15(9-11-16)23-20(26)17(22(2)21(23)29)12-14-6-4-5-7-18(14)28-13-19(24)25/h4-12H,3,13H2,1-2H3,(H,24,25)/b17-12+. The van der Waals surface area contributed by atoms with Gasteiger partial charge in [-0.05, 0) is 55.5 Å². The van der Waals surface area contributed by atoms with Gasteiger partial charge in [0, 0.05) is 12.6 Å². The Hall–Kier alpha value is -3.39. The maximum atomic E-state index is 13.1. The molecular weight excluding hydrogens is 392 g/mol. The molecule has 7 nitrogen and oxygen atoms in total. The average Bonchev–Trinajstić information content (AvgIpc) is 2.91. The van der Waals surface area contributed by atoms with Gasteiger partial charge < -0.3 is 19.5 Å². The van der Waals surface area contributed by atoms with E-state index >= 15 is 0 Å². The zero-order valence-electron chi connectivity index (χ0n) is 16.0. The number of likely N-dealkylation sites (N-methyl/N-ethyl adjacent to an activating group) is 1. The molecule has 0 unspecified atom stereocenters. The van der Waals surface area contributed by atoms with Crippen molar-refractivity contribution >= 4 is 41.0 Å². The van der Waals surface area contributed by atoms with E-state index in [9.17, 15) is 9.59 Å². The Labute approximate surface area is 173 Å². The number of carbonyl (C=O) groups is 2. The van der Waals surface area contributed by atoms with Gasteiger partial charge in [-0.2, -0.15) is 0 Å². The van der Waals surface area contributed by atoms with Gasteiger partial charge >= 0.3 is 5.97 Å². The number of anilines is 1. The number of rotatable bonds is 7. The summed E-state index contributed by atoms with van der Waals surface area (Å²) in [6, 6.07) is 14.0. The highest BCUT2D eigenvalue weighted by Crippen LogP contribution is 2.30. The van der Waals surface area contributed by atoms with Crippen LogP contribution in [-0.2, 0) is 9.59 Å². The molecule has 0 atom stereocenters. The minimum atomic E-state index is -1.08. The van der Waals surface area contributed by atoms with Crippen LogP contribution in [0.1, 0.15) is 12.5 Å². The van der Waals surface area contributed by atoms with E-state index in [0.717, 1.165) is 0 Å². The first-order chi connectivity index (χ1) is 13.9. The van der Waals surface area contributed by atoms with Crippen LogP contribution in [0.3, 0.4) is 0 Å². The number of hydrogen-bond donors (Lipinski definition) is 1. The number of ether oxygens (including phenoxy) is 2. The van der Waals surface area contributed by atoms with Crippen LogP contribution >= 0.6 is 12.2 Å². The molecule has 1 fully saturated rings. The highest BCUT2D eigenvalue weighted by molar-refractivity contribution is 7.80. The second-order valence-electron chi connectivity index (χ2n) is 6.16. The van der Waals surface area contributed by atoms with Gasteiger partial charge in [0.1, 0.15) is 17.2 Å². The predicted octanol–water partition coefficient (Wildman–Crippen LogP) is 3.15. The second kappa shape index (κ2) is 8.74. The maximum absolute atomic E-state index is 13.1. The third-order valence-corrected chi connectivity index (χ3v) is 4.69. The summed E-state index contributed by atoms with van der Waals surface area (Å²) in [6.07, 6.45) is 1.64. The molecule has 1 aliphatic heterocycles. The SMILES string of the molecule is CCOc1ccc(N2C(=O)/C(=C\c3ccccc3OCC(=O)O)N(C)C2=S)cc1. The molecule has 1 N–H and O–H groups in total. The van der Waals surface area contributed by atoms with Crippen molar-refractivity contribution in [3.63, 3.8) is 0 Å². The molecule has 0 saturated carbocycles. The summed E-state index contributed by atoms with van der Waals surface area (Å²) in [5.41, 5.74) is 1.57. The number of para-hydroxylation sites is 1. The predicted molar refractivity (Wildman–Crippen MR) is 113 cm³/mol. The molecule has 1 aliphatic rings. The number of thiocarbonyl (C=S) groups is 1. The average molecular weight is 412 g/mol. The first kappa shape index (κ1) is 20.3. The van der Waals surface area contributed by atoms with Gasteiger partial charge in [-0.25, -0.2) is 4.79 Å². The summed E-state index contributed by atoms with van der Waals surface area (Å²) >= 11 is 5.47. The quantitative estimate of drug-likeness (QED) is 0.553. The number of amides is 1. The molecule has 3 rings (SSSR count). The smallest absolute Gasteiger partial charge is 0.341 e. The van der Waals surface area contributed by atoms with E-state index < -0.39 is 12.6 Å². The van der Waals surface area contributed by atoms with E-state index in [4.69, 9.17) is 26.8 Å². The molecule has 0 bridgehead atoms. The maximum Gasteiger partial charge on any atom is 0.341 e. The molecule has 1 heterocycles. The van der Waals surface area contributed by atoms with Crippen LogP contribution in [0, 0.1) is 0 Å². The topological polar surface area (TPSA) is 79.3 Å². The minimum Gasteiger partial charge on any atom is -0.494 e. The first-order valence-corrected chi connectivity index (χ1v) is 9.33. The van der Waals surface area contributed by atoms with Crippen molar-refractivity contribution in [2.75, 3.05) is 25.2 Å². The van der Waals surface area contributed by atoms with Crippen molar-refractivity contribution in [1.29, 1.82) is 0 Å². The van der Waals surface area contributed by atoms with Gasteiger partial charge in [0.2, 0.25) is 0 Å². The lowest BCUT2D eigenvalue weighted by Gasteiger charge is -2.16. The Morgan fingerprint density at radius 3 is 2.48 bits per heavy atom. The van der Waals surface area contributed by atoms with Crippen molar-refractivity contribution in [3.8, 4) is 11.5 Å². The van der Waals surface area contributed by atoms with E-state index in [0.29, 0.717) is 40.2 Å². The number of carbonyl (C=O) groups excluding carboxylic acids is 1. The highest BCUT2D eigenvalue weighted by Gasteiger charge is 2.37. The fourth-order valence-corrected chi connectivity index (χ4v) is 3.15. The van der Waals surface area contributed by atoms with Crippen LogP contribution in [0.2, 0.25) is 0 Å². The van der Waals surface area contributed by atoms with Crippen molar-refractivity contribution in [3.05, 3.63) is 59.8 Å². The van der Waals surface area contributed by atoms with Crippen molar-refractivity contribution in [1.82, 2.24) is 4.90 Å².